The summed E-state index contributed by atoms with van der Waals surface area (Å²) in [6.07, 6.45) is 2.74. The quantitative estimate of drug-likeness (QED) is 0.807. The molecule has 0 aliphatic carbocycles. The molecule has 0 atom stereocenters. The summed E-state index contributed by atoms with van der Waals surface area (Å²) < 4.78 is 0. The zero-order valence-corrected chi connectivity index (χ0v) is 12.3. The maximum absolute atomic E-state index is 4.40. The Hall–Kier alpha value is -1.32. The lowest BCUT2D eigenvalue weighted by Crippen LogP contribution is -2.34. The van der Waals surface area contributed by atoms with Gasteiger partial charge < -0.3 is 10.2 Å². The average Bonchev–Trinajstić information content (AvgIpc) is 2.33. The van der Waals surface area contributed by atoms with Crippen molar-refractivity contribution in [3.8, 4) is 0 Å². The minimum atomic E-state index is 0.446. The third kappa shape index (κ3) is 4.51. The molecule has 1 N–H and O–H groups in total. The van der Waals surface area contributed by atoms with E-state index in [0.29, 0.717) is 12.0 Å². The molecule has 1 heterocycles. The molecule has 1 aromatic heterocycles. The van der Waals surface area contributed by atoms with Gasteiger partial charge in [0, 0.05) is 25.2 Å². The number of hydrogen-bond acceptors (Lipinski definition) is 4. The minimum Gasteiger partial charge on any atom is -0.370 e. The van der Waals surface area contributed by atoms with Gasteiger partial charge >= 0.3 is 0 Å². The van der Waals surface area contributed by atoms with Crippen LogP contribution in [0.4, 0.5) is 11.6 Å². The van der Waals surface area contributed by atoms with Crippen LogP contribution < -0.4 is 10.2 Å². The van der Waals surface area contributed by atoms with Gasteiger partial charge in [-0.2, -0.15) is 0 Å². The highest BCUT2D eigenvalue weighted by atomic mass is 15.2. The second-order valence-electron chi connectivity index (χ2n) is 5.33. The van der Waals surface area contributed by atoms with Crippen LogP contribution in [0.5, 0.6) is 0 Å². The molecule has 0 saturated heterocycles. The van der Waals surface area contributed by atoms with Gasteiger partial charge in [0.15, 0.2) is 0 Å². The topological polar surface area (TPSA) is 41.0 Å². The monoisotopic (exact) mass is 250 g/mol. The summed E-state index contributed by atoms with van der Waals surface area (Å²) in [5.74, 6) is 2.54. The van der Waals surface area contributed by atoms with Gasteiger partial charge in [0.05, 0.1) is 0 Å². The zero-order valence-electron chi connectivity index (χ0n) is 12.3. The predicted molar refractivity (Wildman–Crippen MR) is 78.1 cm³/mol. The lowest BCUT2D eigenvalue weighted by Gasteiger charge is -2.29. The van der Waals surface area contributed by atoms with Gasteiger partial charge in [-0.15, -0.1) is 0 Å². The van der Waals surface area contributed by atoms with Crippen molar-refractivity contribution in [3.63, 3.8) is 0 Å². The Morgan fingerprint density at radius 3 is 2.50 bits per heavy atom. The molecule has 0 saturated carbocycles. The molecule has 4 heteroatoms. The Kier molecular flexibility index (Phi) is 5.89. The van der Waals surface area contributed by atoms with Crippen molar-refractivity contribution < 1.29 is 0 Å². The molecule has 1 aromatic rings. The highest BCUT2D eigenvalue weighted by Crippen LogP contribution is 2.18. The van der Waals surface area contributed by atoms with Crippen LogP contribution in [0.25, 0.3) is 0 Å². The summed E-state index contributed by atoms with van der Waals surface area (Å²) in [6, 6.07) is 2.49. The fourth-order valence-corrected chi connectivity index (χ4v) is 1.82. The Labute approximate surface area is 111 Å². The maximum atomic E-state index is 4.40. The highest BCUT2D eigenvalue weighted by Gasteiger charge is 2.14. The molecule has 0 amide bonds. The number of nitrogens with zero attached hydrogens (tertiary/aromatic N) is 3. The first-order chi connectivity index (χ1) is 8.54. The smallest absolute Gasteiger partial charge is 0.134 e. The van der Waals surface area contributed by atoms with E-state index >= 15 is 0 Å². The maximum Gasteiger partial charge on any atom is 0.134 e. The molecule has 0 spiro atoms. The number of aromatic nitrogens is 2. The summed E-state index contributed by atoms with van der Waals surface area (Å²) in [5, 5.41) is 3.30. The minimum absolute atomic E-state index is 0.446. The molecule has 0 fully saturated rings. The molecular weight excluding hydrogens is 224 g/mol. The van der Waals surface area contributed by atoms with E-state index in [1.165, 1.54) is 0 Å². The molecule has 0 aliphatic rings. The van der Waals surface area contributed by atoms with Gasteiger partial charge in [0.1, 0.15) is 18.0 Å². The molecule has 0 aliphatic heterocycles. The second-order valence-corrected chi connectivity index (χ2v) is 5.33. The Morgan fingerprint density at radius 2 is 1.94 bits per heavy atom. The molecule has 4 nitrogen and oxygen atoms in total. The molecule has 0 aromatic carbocycles. The largest absolute Gasteiger partial charge is 0.370 e. The van der Waals surface area contributed by atoms with E-state index in [9.17, 15) is 0 Å². The first kappa shape index (κ1) is 14.7. The number of anilines is 2. The van der Waals surface area contributed by atoms with E-state index in [0.717, 1.165) is 31.1 Å². The third-order valence-electron chi connectivity index (χ3n) is 2.69. The van der Waals surface area contributed by atoms with Gasteiger partial charge in [0.25, 0.3) is 0 Å². The summed E-state index contributed by atoms with van der Waals surface area (Å²) in [7, 11) is 0. The van der Waals surface area contributed by atoms with Crippen LogP contribution in [0.15, 0.2) is 12.4 Å². The Balaban J connectivity index is 2.83. The average molecular weight is 250 g/mol. The molecule has 1 rings (SSSR count). The summed E-state index contributed by atoms with van der Waals surface area (Å²) in [5.41, 5.74) is 0. The SMILES string of the molecule is CCCNc1cc(N(CC(C)C)C(C)C)ncn1. The molecule has 0 bridgehead atoms. The fraction of sp³-hybridized carbons (Fsp3) is 0.714. The van der Waals surface area contributed by atoms with Crippen molar-refractivity contribution in [1.82, 2.24) is 9.97 Å². The molecule has 102 valence electrons. The van der Waals surface area contributed by atoms with E-state index in [1.807, 2.05) is 6.07 Å². The summed E-state index contributed by atoms with van der Waals surface area (Å²) in [4.78, 5) is 11.0. The number of rotatable bonds is 7. The van der Waals surface area contributed by atoms with Crippen LogP contribution in [0.1, 0.15) is 41.0 Å². The highest BCUT2D eigenvalue weighted by molar-refractivity contribution is 5.48. The van der Waals surface area contributed by atoms with Crippen LogP contribution in [0, 0.1) is 5.92 Å². The zero-order chi connectivity index (χ0) is 13.5. The van der Waals surface area contributed by atoms with Crippen LogP contribution in [-0.4, -0.2) is 29.1 Å². The van der Waals surface area contributed by atoms with Crippen molar-refractivity contribution in [2.75, 3.05) is 23.3 Å². The third-order valence-corrected chi connectivity index (χ3v) is 2.69. The first-order valence-electron chi connectivity index (χ1n) is 6.87. The van der Waals surface area contributed by atoms with Gasteiger partial charge in [0.2, 0.25) is 0 Å². The van der Waals surface area contributed by atoms with Gasteiger partial charge in [-0.3, -0.25) is 0 Å². The molecule has 18 heavy (non-hydrogen) atoms. The van der Waals surface area contributed by atoms with E-state index in [2.05, 4.69) is 54.8 Å². The Bertz CT molecular complexity index is 349. The van der Waals surface area contributed by atoms with E-state index < -0.39 is 0 Å². The van der Waals surface area contributed by atoms with E-state index in [-0.39, 0.29) is 0 Å². The van der Waals surface area contributed by atoms with Crippen molar-refractivity contribution in [2.24, 2.45) is 5.92 Å². The van der Waals surface area contributed by atoms with Gasteiger partial charge in [-0.1, -0.05) is 20.8 Å². The predicted octanol–water partition coefficient (Wildman–Crippen LogP) is 3.17. The first-order valence-corrected chi connectivity index (χ1v) is 6.87. The van der Waals surface area contributed by atoms with Crippen molar-refractivity contribution in [1.29, 1.82) is 0 Å². The fourth-order valence-electron chi connectivity index (χ4n) is 1.82. The molecular formula is C14H26N4. The van der Waals surface area contributed by atoms with Crippen molar-refractivity contribution >= 4 is 11.6 Å². The van der Waals surface area contributed by atoms with Gasteiger partial charge in [-0.25, -0.2) is 9.97 Å². The number of hydrogen-bond donors (Lipinski definition) is 1. The number of nitrogens with one attached hydrogen (secondary N) is 1. The standard InChI is InChI=1S/C14H26N4/c1-6-7-15-13-8-14(17-10-16-13)18(12(4)5)9-11(2)3/h8,10-12H,6-7,9H2,1-5H3,(H,15,16,17). The van der Waals surface area contributed by atoms with Crippen LogP contribution in [-0.2, 0) is 0 Å². The van der Waals surface area contributed by atoms with Crippen molar-refractivity contribution in [2.45, 2.75) is 47.1 Å². The summed E-state index contributed by atoms with van der Waals surface area (Å²) >= 11 is 0. The van der Waals surface area contributed by atoms with Crippen LogP contribution in [0.2, 0.25) is 0 Å². The van der Waals surface area contributed by atoms with Crippen LogP contribution >= 0.6 is 0 Å². The lowest BCUT2D eigenvalue weighted by molar-refractivity contribution is 0.566. The summed E-state index contributed by atoms with van der Waals surface area (Å²) in [6.45, 7) is 13.0. The van der Waals surface area contributed by atoms with Crippen molar-refractivity contribution in [3.05, 3.63) is 12.4 Å². The van der Waals surface area contributed by atoms with Gasteiger partial charge in [-0.05, 0) is 26.2 Å². The normalized spacial score (nSPS) is 11.1. The van der Waals surface area contributed by atoms with Crippen LogP contribution in [0.3, 0.4) is 0 Å². The Morgan fingerprint density at radius 1 is 1.22 bits per heavy atom. The van der Waals surface area contributed by atoms with E-state index in [4.69, 9.17) is 0 Å². The van der Waals surface area contributed by atoms with E-state index in [1.54, 1.807) is 6.33 Å². The lowest BCUT2D eigenvalue weighted by atomic mass is 10.2. The second kappa shape index (κ2) is 7.19. The molecule has 0 unspecified atom stereocenters. The molecule has 0 radical (unpaired) electrons.